The second kappa shape index (κ2) is 5.64. The van der Waals surface area contributed by atoms with Crippen LogP contribution in [0.1, 0.15) is 49.8 Å². The first-order valence-electron chi connectivity index (χ1n) is 7.83. The van der Waals surface area contributed by atoms with E-state index < -0.39 is 0 Å². The number of fused-ring (bicyclic) bond motifs is 2. The topological polar surface area (TPSA) is 15.3 Å². The first-order valence-corrected chi connectivity index (χ1v) is 7.83. The van der Waals surface area contributed by atoms with Gasteiger partial charge in [0.2, 0.25) is 0 Å². The summed E-state index contributed by atoms with van der Waals surface area (Å²) in [5.74, 6) is 0. The van der Waals surface area contributed by atoms with Gasteiger partial charge in [-0.3, -0.25) is 4.90 Å². The largest absolute Gasteiger partial charge is 0.310 e. The van der Waals surface area contributed by atoms with Crippen LogP contribution in [0.15, 0.2) is 24.3 Å². The lowest BCUT2D eigenvalue weighted by molar-refractivity contribution is 0.182. The molecule has 0 aliphatic carbocycles. The molecule has 0 spiro atoms. The molecule has 3 atom stereocenters. The van der Waals surface area contributed by atoms with Gasteiger partial charge in [-0.2, -0.15) is 0 Å². The maximum atomic E-state index is 3.78. The fourth-order valence-electron chi connectivity index (χ4n) is 3.75. The van der Waals surface area contributed by atoms with Gasteiger partial charge in [0.25, 0.3) is 0 Å². The molecule has 2 aliphatic rings. The first kappa shape index (κ1) is 13.1. The van der Waals surface area contributed by atoms with Gasteiger partial charge in [0, 0.05) is 31.2 Å². The van der Waals surface area contributed by atoms with E-state index in [0.717, 1.165) is 12.1 Å². The zero-order valence-electron chi connectivity index (χ0n) is 12.2. The van der Waals surface area contributed by atoms with Crippen LogP contribution in [0.2, 0.25) is 0 Å². The standard InChI is InChI=1S/C17H26N2/c1-3-17(14-6-4-13(2)5-7-14)19-11-10-15-8-9-16(12-19)18-15/h4-7,15-18H,3,8-12H2,1-2H3. The van der Waals surface area contributed by atoms with Crippen molar-refractivity contribution in [3.05, 3.63) is 35.4 Å². The Morgan fingerprint density at radius 3 is 2.63 bits per heavy atom. The number of aryl methyl sites for hydroxylation is 1. The molecule has 2 fully saturated rings. The molecular weight excluding hydrogens is 232 g/mol. The van der Waals surface area contributed by atoms with E-state index in [2.05, 4.69) is 48.3 Å². The van der Waals surface area contributed by atoms with Crippen molar-refractivity contribution in [2.45, 2.75) is 57.7 Å². The maximum Gasteiger partial charge on any atom is 0.0346 e. The number of benzene rings is 1. The van der Waals surface area contributed by atoms with Crippen molar-refractivity contribution in [1.29, 1.82) is 0 Å². The summed E-state index contributed by atoms with van der Waals surface area (Å²) in [6.45, 7) is 6.96. The Hall–Kier alpha value is -0.860. The molecule has 2 bridgehead atoms. The van der Waals surface area contributed by atoms with Gasteiger partial charge in [-0.15, -0.1) is 0 Å². The van der Waals surface area contributed by atoms with Crippen LogP contribution < -0.4 is 5.32 Å². The van der Waals surface area contributed by atoms with Gasteiger partial charge in [-0.05, 0) is 38.2 Å². The number of nitrogens with one attached hydrogen (secondary N) is 1. The summed E-state index contributed by atoms with van der Waals surface area (Å²) < 4.78 is 0. The Morgan fingerprint density at radius 1 is 1.16 bits per heavy atom. The Balaban J connectivity index is 1.76. The zero-order valence-corrected chi connectivity index (χ0v) is 12.2. The molecule has 3 unspecified atom stereocenters. The summed E-state index contributed by atoms with van der Waals surface area (Å²) in [7, 11) is 0. The van der Waals surface area contributed by atoms with E-state index >= 15 is 0 Å². The lowest BCUT2D eigenvalue weighted by Gasteiger charge is -2.32. The molecular formula is C17H26N2. The van der Waals surface area contributed by atoms with Crippen LogP contribution in [0.4, 0.5) is 0 Å². The molecule has 2 saturated heterocycles. The number of likely N-dealkylation sites (tertiary alicyclic amines) is 1. The van der Waals surface area contributed by atoms with Crippen molar-refractivity contribution in [1.82, 2.24) is 10.2 Å². The number of hydrogen-bond donors (Lipinski definition) is 1. The van der Waals surface area contributed by atoms with Gasteiger partial charge in [0.1, 0.15) is 0 Å². The van der Waals surface area contributed by atoms with Crippen LogP contribution in [-0.4, -0.2) is 30.1 Å². The highest BCUT2D eigenvalue weighted by Crippen LogP contribution is 2.29. The molecule has 2 nitrogen and oxygen atoms in total. The Bertz CT molecular complexity index is 412. The smallest absolute Gasteiger partial charge is 0.0346 e. The predicted octanol–water partition coefficient (Wildman–Crippen LogP) is 3.27. The van der Waals surface area contributed by atoms with E-state index in [1.165, 1.54) is 49.9 Å². The van der Waals surface area contributed by atoms with Gasteiger partial charge < -0.3 is 5.32 Å². The van der Waals surface area contributed by atoms with E-state index in [4.69, 9.17) is 0 Å². The number of hydrogen-bond acceptors (Lipinski definition) is 2. The number of nitrogens with zero attached hydrogens (tertiary/aromatic N) is 1. The van der Waals surface area contributed by atoms with Crippen molar-refractivity contribution >= 4 is 0 Å². The van der Waals surface area contributed by atoms with Crippen molar-refractivity contribution < 1.29 is 0 Å². The highest BCUT2D eigenvalue weighted by molar-refractivity contribution is 5.24. The predicted molar refractivity (Wildman–Crippen MR) is 80.3 cm³/mol. The molecule has 104 valence electrons. The van der Waals surface area contributed by atoms with E-state index in [9.17, 15) is 0 Å². The highest BCUT2D eigenvalue weighted by Gasteiger charge is 2.31. The third-order valence-corrected chi connectivity index (χ3v) is 4.84. The normalized spacial score (nSPS) is 29.2. The average molecular weight is 258 g/mol. The maximum absolute atomic E-state index is 3.78. The van der Waals surface area contributed by atoms with E-state index in [1.54, 1.807) is 0 Å². The molecule has 0 saturated carbocycles. The number of rotatable bonds is 3. The monoisotopic (exact) mass is 258 g/mol. The molecule has 1 aromatic rings. The minimum atomic E-state index is 0.599. The summed E-state index contributed by atoms with van der Waals surface area (Å²) in [6.07, 6.45) is 5.28. The van der Waals surface area contributed by atoms with Crippen LogP contribution in [0.3, 0.4) is 0 Å². The third kappa shape index (κ3) is 2.85. The molecule has 0 amide bonds. The molecule has 19 heavy (non-hydrogen) atoms. The summed E-state index contributed by atoms with van der Waals surface area (Å²) in [6, 6.07) is 11.2. The molecule has 3 rings (SSSR count). The molecule has 0 aromatic heterocycles. The van der Waals surface area contributed by atoms with Crippen molar-refractivity contribution in [2.75, 3.05) is 13.1 Å². The van der Waals surface area contributed by atoms with Crippen LogP contribution in [-0.2, 0) is 0 Å². The van der Waals surface area contributed by atoms with Crippen LogP contribution in [0.5, 0.6) is 0 Å². The van der Waals surface area contributed by atoms with E-state index in [1.807, 2.05) is 0 Å². The van der Waals surface area contributed by atoms with Gasteiger partial charge >= 0.3 is 0 Å². The van der Waals surface area contributed by atoms with E-state index in [0.29, 0.717) is 6.04 Å². The minimum Gasteiger partial charge on any atom is -0.310 e. The lowest BCUT2D eigenvalue weighted by atomic mass is 9.99. The van der Waals surface area contributed by atoms with E-state index in [-0.39, 0.29) is 0 Å². The molecule has 1 aromatic carbocycles. The second-order valence-electron chi connectivity index (χ2n) is 6.26. The zero-order chi connectivity index (χ0) is 13.2. The third-order valence-electron chi connectivity index (χ3n) is 4.84. The SMILES string of the molecule is CCC(c1ccc(C)cc1)N1CCC2CCC(C1)N2. The van der Waals surface area contributed by atoms with Gasteiger partial charge in [-0.1, -0.05) is 36.8 Å². The molecule has 2 heteroatoms. The first-order chi connectivity index (χ1) is 9.26. The summed E-state index contributed by atoms with van der Waals surface area (Å²) in [5.41, 5.74) is 2.85. The lowest BCUT2D eigenvalue weighted by Crippen LogP contribution is -2.37. The van der Waals surface area contributed by atoms with Gasteiger partial charge in [-0.25, -0.2) is 0 Å². The Morgan fingerprint density at radius 2 is 1.89 bits per heavy atom. The highest BCUT2D eigenvalue weighted by atomic mass is 15.2. The summed E-state index contributed by atoms with van der Waals surface area (Å²) >= 11 is 0. The summed E-state index contributed by atoms with van der Waals surface area (Å²) in [4.78, 5) is 2.71. The second-order valence-corrected chi connectivity index (χ2v) is 6.26. The Kier molecular flexibility index (Phi) is 3.90. The fourth-order valence-corrected chi connectivity index (χ4v) is 3.75. The quantitative estimate of drug-likeness (QED) is 0.895. The van der Waals surface area contributed by atoms with Gasteiger partial charge in [0.05, 0.1) is 0 Å². The fraction of sp³-hybridized carbons (Fsp3) is 0.647. The summed E-state index contributed by atoms with van der Waals surface area (Å²) in [5, 5.41) is 3.78. The van der Waals surface area contributed by atoms with Crippen LogP contribution >= 0.6 is 0 Å². The minimum absolute atomic E-state index is 0.599. The van der Waals surface area contributed by atoms with Crippen LogP contribution in [0, 0.1) is 6.92 Å². The van der Waals surface area contributed by atoms with Crippen molar-refractivity contribution in [3.8, 4) is 0 Å². The molecule has 1 N–H and O–H groups in total. The molecule has 0 radical (unpaired) electrons. The average Bonchev–Trinajstić information content (AvgIpc) is 2.74. The molecule has 2 heterocycles. The van der Waals surface area contributed by atoms with Gasteiger partial charge in [0.15, 0.2) is 0 Å². The Labute approximate surface area is 117 Å². The van der Waals surface area contributed by atoms with Crippen molar-refractivity contribution in [2.24, 2.45) is 0 Å². The molecule has 2 aliphatic heterocycles. The van der Waals surface area contributed by atoms with Crippen LogP contribution in [0.25, 0.3) is 0 Å². The van der Waals surface area contributed by atoms with Crippen molar-refractivity contribution in [3.63, 3.8) is 0 Å².